The zero-order valence-corrected chi connectivity index (χ0v) is 30.1. The Morgan fingerprint density at radius 2 is 1.19 bits per heavy atom. The lowest BCUT2D eigenvalue weighted by Gasteiger charge is -2.17. The van der Waals surface area contributed by atoms with Crippen molar-refractivity contribution in [2.75, 3.05) is 0 Å². The van der Waals surface area contributed by atoms with Gasteiger partial charge in [0.15, 0.2) is 0 Å². The summed E-state index contributed by atoms with van der Waals surface area (Å²) in [5, 5.41) is 11.9. The molecule has 0 amide bonds. The second-order valence-corrected chi connectivity index (χ2v) is 14.9. The molecule has 0 fully saturated rings. The van der Waals surface area contributed by atoms with Crippen LogP contribution in [0.2, 0.25) is 0 Å². The number of aromatic nitrogens is 1. The Morgan fingerprint density at radius 1 is 0.537 bits per heavy atom. The van der Waals surface area contributed by atoms with Crippen molar-refractivity contribution in [2.45, 2.75) is 6.61 Å². The summed E-state index contributed by atoms with van der Waals surface area (Å²) in [6, 6.07) is 60.9. The van der Waals surface area contributed by atoms with Crippen LogP contribution in [0.5, 0.6) is 5.75 Å². The smallest absolute Gasteiger partial charge is 0.146 e. The zero-order chi connectivity index (χ0) is 35.8. The summed E-state index contributed by atoms with van der Waals surface area (Å²) in [6.07, 6.45) is 0. The van der Waals surface area contributed by atoms with Crippen LogP contribution in [-0.4, -0.2) is 11.3 Å². The van der Waals surface area contributed by atoms with Gasteiger partial charge in [0.1, 0.15) is 18.0 Å². The van der Waals surface area contributed by atoms with E-state index in [1.165, 1.54) is 69.1 Å². The molecule has 0 unspecified atom stereocenters. The minimum absolute atomic E-state index is 0.370. The van der Waals surface area contributed by atoms with Gasteiger partial charge in [0.05, 0.1) is 11.0 Å². The third kappa shape index (κ3) is 4.57. The standard InChI is InChI=1S/C50H32N2OS/c1-51-48-45(53-30-32-28-42-38-22-11-13-25-44(38)52(33-16-3-2-4-17-33)49(42)39-23-10-7-19-35(32)39)29-43(50-47(48)40-24-12-14-26-46(40)54-50)41-27-31-15-5-6-18-34(31)36-20-8-9-21-37(36)41/h2-29H,1,30H2. The lowest BCUT2D eigenvalue weighted by Crippen LogP contribution is -1.99. The number of ether oxygens (including phenoxy) is 1. The van der Waals surface area contributed by atoms with Gasteiger partial charge in [-0.3, -0.25) is 4.99 Å². The van der Waals surface area contributed by atoms with E-state index in [0.29, 0.717) is 6.61 Å². The van der Waals surface area contributed by atoms with Crippen molar-refractivity contribution in [3.63, 3.8) is 0 Å². The number of nitrogens with zero attached hydrogens (tertiary/aromatic N) is 2. The summed E-state index contributed by atoms with van der Waals surface area (Å²) in [4.78, 5) is 4.70. The summed E-state index contributed by atoms with van der Waals surface area (Å²) in [7, 11) is 0. The SMILES string of the molecule is C=Nc1c(OCc2cc3c4ccccc4n(-c4ccccc4)c3c3ccccc23)cc(-c2cc3ccccc3c3ccccc23)c2sc3ccccc3c12. The van der Waals surface area contributed by atoms with Gasteiger partial charge in [-0.1, -0.05) is 127 Å². The fraction of sp³-hybridized carbons (Fsp3) is 0.0200. The first-order valence-corrected chi connectivity index (χ1v) is 19.1. The molecule has 0 aliphatic heterocycles. The number of para-hydroxylation sites is 2. The van der Waals surface area contributed by atoms with Crippen LogP contribution in [0.25, 0.3) is 91.1 Å². The van der Waals surface area contributed by atoms with Gasteiger partial charge < -0.3 is 9.30 Å². The molecule has 2 aromatic heterocycles. The fourth-order valence-electron chi connectivity index (χ4n) is 8.62. The minimum Gasteiger partial charge on any atom is -0.487 e. The monoisotopic (exact) mass is 708 g/mol. The topological polar surface area (TPSA) is 26.5 Å². The van der Waals surface area contributed by atoms with Crippen molar-refractivity contribution in [1.82, 2.24) is 4.57 Å². The summed E-state index contributed by atoms with van der Waals surface area (Å²) < 4.78 is 11.8. The molecule has 2 heterocycles. The average molecular weight is 709 g/mol. The number of fused-ring (bicyclic) bond motifs is 11. The highest BCUT2D eigenvalue weighted by atomic mass is 32.1. The van der Waals surface area contributed by atoms with Crippen molar-refractivity contribution < 1.29 is 4.74 Å². The lowest BCUT2D eigenvalue weighted by atomic mass is 9.92. The number of hydrogen-bond donors (Lipinski definition) is 0. The zero-order valence-electron chi connectivity index (χ0n) is 29.3. The van der Waals surface area contributed by atoms with E-state index < -0.39 is 0 Å². The van der Waals surface area contributed by atoms with Crippen LogP contribution in [0.1, 0.15) is 5.56 Å². The molecule has 11 aromatic rings. The van der Waals surface area contributed by atoms with E-state index >= 15 is 0 Å². The van der Waals surface area contributed by atoms with Crippen LogP contribution in [0.15, 0.2) is 175 Å². The predicted octanol–water partition coefficient (Wildman–Crippen LogP) is 14.2. The third-order valence-corrected chi connectivity index (χ3v) is 12.2. The van der Waals surface area contributed by atoms with Crippen molar-refractivity contribution >= 4 is 98.0 Å². The van der Waals surface area contributed by atoms with E-state index in [0.717, 1.165) is 39.0 Å². The first kappa shape index (κ1) is 30.8. The van der Waals surface area contributed by atoms with Crippen molar-refractivity contribution in [3.05, 3.63) is 175 Å². The van der Waals surface area contributed by atoms with Crippen LogP contribution >= 0.6 is 11.3 Å². The Kier molecular flexibility index (Phi) is 6.94. The predicted molar refractivity (Wildman–Crippen MR) is 232 cm³/mol. The van der Waals surface area contributed by atoms with Gasteiger partial charge >= 0.3 is 0 Å². The van der Waals surface area contributed by atoms with Gasteiger partial charge in [0.25, 0.3) is 0 Å². The Hall–Kier alpha value is -6.75. The maximum absolute atomic E-state index is 7.03. The summed E-state index contributed by atoms with van der Waals surface area (Å²) in [5.74, 6) is 0.726. The van der Waals surface area contributed by atoms with E-state index in [1.54, 1.807) is 0 Å². The molecule has 0 saturated heterocycles. The largest absolute Gasteiger partial charge is 0.487 e. The molecule has 0 atom stereocenters. The highest BCUT2D eigenvalue weighted by Gasteiger charge is 2.22. The Morgan fingerprint density at radius 3 is 2.00 bits per heavy atom. The molecule has 3 nitrogen and oxygen atoms in total. The molecule has 9 aromatic carbocycles. The van der Waals surface area contributed by atoms with Crippen LogP contribution in [0, 0.1) is 0 Å². The van der Waals surface area contributed by atoms with E-state index in [4.69, 9.17) is 9.73 Å². The Bertz CT molecular complexity index is 3300. The van der Waals surface area contributed by atoms with Crippen molar-refractivity contribution in [2.24, 2.45) is 4.99 Å². The number of aliphatic imine (C=N–C) groups is 1. The normalized spacial score (nSPS) is 11.9. The van der Waals surface area contributed by atoms with Gasteiger partial charge in [-0.15, -0.1) is 11.3 Å². The number of thiophene rings is 1. The quantitative estimate of drug-likeness (QED) is 0.125. The van der Waals surface area contributed by atoms with Crippen LogP contribution in [0.4, 0.5) is 5.69 Å². The molecule has 254 valence electrons. The summed E-state index contributed by atoms with van der Waals surface area (Å²) in [6.45, 7) is 4.48. The van der Waals surface area contributed by atoms with Crippen molar-refractivity contribution in [1.29, 1.82) is 0 Å². The molecule has 0 N–H and O–H groups in total. The van der Waals surface area contributed by atoms with Gasteiger partial charge in [0.2, 0.25) is 0 Å². The molecule has 0 radical (unpaired) electrons. The Labute approximate surface area is 315 Å². The van der Waals surface area contributed by atoms with Crippen LogP contribution < -0.4 is 4.74 Å². The first-order valence-electron chi connectivity index (χ1n) is 18.2. The molecular weight excluding hydrogens is 677 g/mol. The average Bonchev–Trinajstić information content (AvgIpc) is 3.79. The van der Waals surface area contributed by atoms with Gasteiger partial charge in [0, 0.05) is 47.6 Å². The highest BCUT2D eigenvalue weighted by molar-refractivity contribution is 7.26. The van der Waals surface area contributed by atoms with E-state index in [1.807, 2.05) is 11.3 Å². The van der Waals surface area contributed by atoms with E-state index in [2.05, 4.69) is 181 Å². The third-order valence-electron chi connectivity index (χ3n) is 11.0. The molecule has 0 aliphatic rings. The molecule has 4 heteroatoms. The molecular formula is C50H32N2OS. The maximum Gasteiger partial charge on any atom is 0.146 e. The summed E-state index contributed by atoms with van der Waals surface area (Å²) in [5.41, 5.74) is 7.75. The summed E-state index contributed by atoms with van der Waals surface area (Å²) >= 11 is 1.81. The molecule has 11 rings (SSSR count). The number of benzene rings is 9. The van der Waals surface area contributed by atoms with E-state index in [-0.39, 0.29) is 0 Å². The maximum atomic E-state index is 7.03. The Balaban J connectivity index is 1.15. The highest BCUT2D eigenvalue weighted by Crippen LogP contribution is 2.51. The van der Waals surface area contributed by atoms with Gasteiger partial charge in [-0.25, -0.2) is 0 Å². The number of hydrogen-bond acceptors (Lipinski definition) is 3. The minimum atomic E-state index is 0.370. The number of rotatable bonds is 6. The van der Waals surface area contributed by atoms with Crippen LogP contribution in [0.3, 0.4) is 0 Å². The molecule has 54 heavy (non-hydrogen) atoms. The molecule has 0 aliphatic carbocycles. The molecule has 0 bridgehead atoms. The fourth-order valence-corrected chi connectivity index (χ4v) is 9.85. The van der Waals surface area contributed by atoms with Crippen molar-refractivity contribution in [3.8, 4) is 22.6 Å². The lowest BCUT2D eigenvalue weighted by molar-refractivity contribution is 0.309. The molecule has 0 spiro atoms. The van der Waals surface area contributed by atoms with E-state index in [9.17, 15) is 0 Å². The first-order chi connectivity index (χ1) is 26.8. The van der Waals surface area contributed by atoms with Gasteiger partial charge in [-0.05, 0) is 87.2 Å². The molecule has 0 saturated carbocycles. The van der Waals surface area contributed by atoms with Gasteiger partial charge in [-0.2, -0.15) is 0 Å². The second kappa shape index (κ2) is 12.2. The van der Waals surface area contributed by atoms with Crippen LogP contribution in [-0.2, 0) is 6.61 Å². The second-order valence-electron chi connectivity index (χ2n) is 13.9.